The molecule has 6 saturated heterocycles. The van der Waals surface area contributed by atoms with Crippen LogP contribution in [0.25, 0.3) is 65.4 Å². The SMILES string of the molecule is [2H]c1c(C[C@]2([2H])N([2H])C(=O)OC2([2H])[2H])c([2H])c2c(C([2H])([2H])CN(C([2H])([2H])[2H])C([2H])([2H])[2H])c([2H])n([2H])c2c1[2H].[2H]c1c(C[C@]2([2H])N([2H])C(=O)OC2([2H])[2H])c([2H])c2c(C([2H])([2H])CN(C)C([2H])([2H])[2H])c([2H])n([2H])c2c1[2H].[2H]c1c(C[C@]2([2H])N([2H])C(=O)OC2([2H])[2H])c([2H])c2c(C([2H])([2H])CN(C)C)c([2H])n([2H])c2c1[2H].[2H]c1c(C[C@]2([2H])N([2H])C(=O)OC2([2H])[2H])c([2H])c2c(CC([2H])([2H])N(C([2H])([2H])[2H])C([2H])([2H])[2H])c([2H])n([2H])c2c1[2H].[2H]c1c(C[C@]2([2H])N([2H])C(=O)OC2([2H])[2H])c([2H])c2c(CC([2H])([2H])N(C)C([2H])([2H])[2H])c([2H])n([2H])c2c1[2H].[2H]c1c(C[C@]2([2H])N([2H])C(=O)OC2([2H])[2H])c([2H])c2c(CC([2H])([2H])N(C)C)c([2H])n([2H])c2c1[2H]. The number of benzene rings is 6. The third-order valence-electron chi connectivity index (χ3n) is 16.4. The van der Waals surface area contributed by atoms with E-state index in [1.807, 2.05) is 0 Å². The van der Waals surface area contributed by atoms with Crippen LogP contribution in [0.15, 0.2) is 146 Å². The smallest absolute Gasteiger partial charge is 0.407 e. The van der Waals surface area contributed by atoms with Gasteiger partial charge in [0.25, 0.3) is 0 Å². The Bertz CT molecular complexity index is 10100. The number of ether oxygens (including phenoxy) is 6. The molecule has 6 aromatic heterocycles. The van der Waals surface area contributed by atoms with Crippen LogP contribution < -0.4 is 31.9 Å². The highest BCUT2D eigenvalue weighted by Crippen LogP contribution is 2.29. The summed E-state index contributed by atoms with van der Waals surface area (Å²) in [6, 6.07) is -29.2. The van der Waals surface area contributed by atoms with E-state index in [1.54, 1.807) is 14.1 Å². The number of H-pyrrole nitrogens is 6. The van der Waals surface area contributed by atoms with Gasteiger partial charge in [0.1, 0.15) is 39.4 Å². The molecule has 0 aliphatic carbocycles. The lowest BCUT2D eigenvalue weighted by Crippen LogP contribution is -2.28. The van der Waals surface area contributed by atoms with E-state index in [1.165, 1.54) is 23.9 Å². The molecule has 30 nitrogen and oxygen atoms in total. The van der Waals surface area contributed by atoms with Crippen molar-refractivity contribution in [1.82, 2.24) is 91.1 Å². The van der Waals surface area contributed by atoms with E-state index >= 15 is 0 Å². The average molecular weight is 1810 g/mol. The predicted octanol–water partition coefficient (Wildman–Crippen LogP) is 11.5. The first-order valence-electron chi connectivity index (χ1n) is 77.7. The average Bonchev–Trinajstić information content (AvgIpc) is 1.55. The zero-order chi connectivity index (χ0) is 162. The third-order valence-corrected chi connectivity index (χ3v) is 16.4. The van der Waals surface area contributed by atoms with Gasteiger partial charge in [0.15, 0.2) is 16.9 Å². The lowest BCUT2D eigenvalue weighted by atomic mass is 10.0. The van der Waals surface area contributed by atoms with Crippen LogP contribution in [0.3, 0.4) is 0 Å². The fourth-order valence-electron chi connectivity index (χ4n) is 10.9. The second-order valence-corrected chi connectivity index (χ2v) is 26.6. The molecule has 12 N–H and O–H groups in total. The van der Waals surface area contributed by atoms with Gasteiger partial charge < -0.3 is 120 Å². The predicted molar refractivity (Wildman–Crippen MR) is 495 cm³/mol. The molecule has 6 fully saturated rings. The van der Waals surface area contributed by atoms with Crippen LogP contribution in [0.5, 0.6) is 0 Å². The second-order valence-electron chi connectivity index (χ2n) is 26.6. The molecule has 0 bridgehead atoms. The van der Waals surface area contributed by atoms with Crippen LogP contribution in [-0.4, -0.2) is 295 Å². The number of fused-ring (bicyclic) bond motifs is 6. The van der Waals surface area contributed by atoms with Crippen molar-refractivity contribution in [2.75, 3.05) is 163 Å². The highest BCUT2D eigenvalue weighted by atomic mass is 16.6. The number of carbonyl (C=O) groups excluding carboxylic acids is 6. The summed E-state index contributed by atoms with van der Waals surface area (Å²) in [6.07, 6.45) is -29.2. The molecule has 0 saturated carbocycles. The van der Waals surface area contributed by atoms with Crippen molar-refractivity contribution in [3.63, 3.8) is 0 Å². The maximum absolute atomic E-state index is 11.8. The van der Waals surface area contributed by atoms with Gasteiger partial charge in [-0.15, -0.1) is 0 Å². The van der Waals surface area contributed by atoms with Gasteiger partial charge in [0, 0.05) is 183 Å². The number of aromatic nitrogens is 6. The van der Waals surface area contributed by atoms with E-state index < -0.39 is 492 Å². The fourth-order valence-corrected chi connectivity index (χ4v) is 10.9. The zero-order valence-electron chi connectivity index (χ0n) is 150. The lowest BCUT2D eigenvalue weighted by Gasteiger charge is -2.09. The number of nitrogens with one attached hydrogen (secondary N) is 12. The summed E-state index contributed by atoms with van der Waals surface area (Å²) >= 11 is 0. The number of hydrogen-bond acceptors (Lipinski definition) is 18. The Morgan fingerprint density at radius 2 is 0.524 bits per heavy atom. The minimum absolute atomic E-state index is 0.0309. The van der Waals surface area contributed by atoms with Crippen molar-refractivity contribution >= 4 is 102 Å². The van der Waals surface area contributed by atoms with Crippen molar-refractivity contribution < 1.29 is 173 Å². The molecular formula is C96H126N18O12. The number of nitrogens with zero attached hydrogens (tertiary/aromatic N) is 6. The summed E-state index contributed by atoms with van der Waals surface area (Å²) in [7, 11) is 8.24. The maximum Gasteiger partial charge on any atom is 0.407 e. The summed E-state index contributed by atoms with van der Waals surface area (Å²) < 4.78 is 702. The Kier molecular flexibility index (Phi) is 11.4. The third kappa shape index (κ3) is 26.5. The van der Waals surface area contributed by atoms with Crippen molar-refractivity contribution in [2.45, 2.75) is 113 Å². The summed E-state index contributed by atoms with van der Waals surface area (Å²) in [5, 5.41) is -2.92. The largest absolute Gasteiger partial charge is 0.447 e. The number of rotatable bonds is 30. The lowest BCUT2D eigenvalue weighted by molar-refractivity contribution is 0.176. The molecule has 18 rings (SSSR count). The molecular weight excluding hydrogens is 1600 g/mol. The molecule has 0 unspecified atom stereocenters. The maximum atomic E-state index is 11.8. The monoisotopic (exact) mass is 1810 g/mol. The Hall–Kier alpha value is -12.1. The van der Waals surface area contributed by atoms with Crippen molar-refractivity contribution in [2.24, 2.45) is 0 Å². The summed E-state index contributed by atoms with van der Waals surface area (Å²) in [5.74, 6) is 0. The van der Waals surface area contributed by atoms with E-state index in [2.05, 4.69) is 28.4 Å². The van der Waals surface area contributed by atoms with Gasteiger partial charge in [-0.2, -0.15) is 0 Å². The molecule has 12 heterocycles. The molecule has 6 amide bonds. The standard InChI is InChI=1S/6C16H21N3O2/c6*1-19(2)6-5-12-9-17-15-4-3-11(8-14(12)15)7-13-10-21-16(20)18-13/h6*3-4,8-9,13,17H,5-7,10H2,1-2H3,(H,18,20)/t6*13-/m000000/s1/i1D3,2D3,3D,4D,6D2,8D,9D,10D2,13D;1D3,2D3,3D,4D,5D2,8D,9D,10D2,13D;1D3,3D,4D,6D2,8D,9D,10D2,13D;1D3,3D,4D,5D2,8D,9D,10D2,13D;3D,4D,6D2,8D,9D,10D2,13D;3D,4D,5D2,8D,9D,10D2,13D/hD12. The van der Waals surface area contributed by atoms with E-state index in [0.29, 0.717) is 29.7 Å². The molecule has 0 spiro atoms. The Morgan fingerprint density at radius 3 is 0.746 bits per heavy atom. The molecule has 126 heavy (non-hydrogen) atoms. The van der Waals surface area contributed by atoms with E-state index in [9.17, 15) is 28.8 Å². The first-order chi connectivity index (χ1) is 94.1. The fraction of sp³-hybridized carbons (Fsp3) is 0.438. The first kappa shape index (κ1) is 33.0. The minimum Gasteiger partial charge on any atom is -0.447 e. The number of carbonyl (C=O) groups is 6. The highest BCUT2D eigenvalue weighted by molar-refractivity contribution is 5.88. The van der Waals surface area contributed by atoms with Gasteiger partial charge in [-0.05, 0) is 300 Å². The van der Waals surface area contributed by atoms with Gasteiger partial charge in [-0.1, -0.05) is 36.3 Å². The van der Waals surface area contributed by atoms with Gasteiger partial charge in [-0.3, -0.25) is 0 Å². The van der Waals surface area contributed by atoms with Gasteiger partial charge in [0.05, 0.1) is 93.7 Å². The Balaban J connectivity index is 0.000000201. The van der Waals surface area contributed by atoms with Crippen LogP contribution in [0.4, 0.5) is 28.8 Å². The Labute approximate surface area is 855 Å². The Morgan fingerprint density at radius 1 is 0.310 bits per heavy atom. The van der Waals surface area contributed by atoms with Crippen molar-refractivity contribution in [3.05, 3.63) is 213 Å². The van der Waals surface area contributed by atoms with Crippen LogP contribution in [-0.2, 0) is 105 Å². The van der Waals surface area contributed by atoms with Crippen LogP contribution >= 0.6 is 0 Å². The number of alkyl carbamates (subject to hydrolysis) is 6. The molecule has 6 aliphatic heterocycles. The van der Waals surface area contributed by atoms with E-state index in [4.69, 9.17) is 116 Å². The molecule has 6 aromatic carbocycles. The molecule has 6 atom stereocenters. The number of hydrogen-bond donors (Lipinski definition) is 12. The van der Waals surface area contributed by atoms with Crippen LogP contribution in [0, 0.1) is 0 Å². The second kappa shape index (κ2) is 43.7. The summed E-state index contributed by atoms with van der Waals surface area (Å²) in [4.78, 5) is 76.0. The van der Waals surface area contributed by atoms with E-state index in [-0.39, 0.29) is 108 Å². The minimum atomic E-state index is -3.48. The van der Waals surface area contributed by atoms with E-state index in [0.717, 1.165) is 14.1 Å². The summed E-state index contributed by atoms with van der Waals surface area (Å²) in [6.45, 7) is -47.5. The van der Waals surface area contributed by atoms with Crippen molar-refractivity contribution in [1.29, 1.82) is 0 Å². The molecule has 0 radical (unpaired) electrons. The number of amides is 6. The normalized spacial score (nSPS) is 35.5. The summed E-state index contributed by atoms with van der Waals surface area (Å²) in [5.41, 5.74) is -8.28. The zero-order valence-corrected chi connectivity index (χ0v) is 66.4. The number of aromatic amines is 6. The highest BCUT2D eigenvalue weighted by Gasteiger charge is 2.29. The van der Waals surface area contributed by atoms with Crippen molar-refractivity contribution in [3.8, 4) is 0 Å². The quantitative estimate of drug-likeness (QED) is 0.0186. The number of aryl methyl sites for hydroxylation is 3. The molecule has 12 aromatic rings. The van der Waals surface area contributed by atoms with Gasteiger partial charge >= 0.3 is 36.6 Å². The molecule has 30 heteroatoms. The first-order valence-corrected chi connectivity index (χ1v) is 36.4. The number of cyclic esters (lactones) is 6. The number of likely N-dealkylation sites (N-methyl/N-ethyl adjacent to an activating group) is 6. The van der Waals surface area contributed by atoms with Crippen LogP contribution in [0.2, 0.25) is 16.9 Å². The van der Waals surface area contributed by atoms with Gasteiger partial charge in [0.2, 0.25) is 0 Å². The van der Waals surface area contributed by atoms with Crippen LogP contribution in [0.1, 0.15) is 165 Å². The van der Waals surface area contributed by atoms with Gasteiger partial charge in [-0.25, -0.2) is 28.8 Å². The topological polar surface area (TPSA) is 344 Å². The molecule has 672 valence electrons. The molecule has 6 aliphatic rings.